The van der Waals surface area contributed by atoms with Crippen LogP contribution in [0.5, 0.6) is 0 Å². The van der Waals surface area contributed by atoms with E-state index in [4.69, 9.17) is 0 Å². The van der Waals surface area contributed by atoms with Gasteiger partial charge in [-0.25, -0.2) is 0 Å². The summed E-state index contributed by atoms with van der Waals surface area (Å²) in [6.07, 6.45) is 6.18. The molecule has 0 aromatic rings. The lowest BCUT2D eigenvalue weighted by Gasteiger charge is -2.41. The summed E-state index contributed by atoms with van der Waals surface area (Å²) in [6.45, 7) is 5.54. The van der Waals surface area contributed by atoms with Gasteiger partial charge in [0.1, 0.15) is 5.78 Å². The molecule has 2 fully saturated rings. The van der Waals surface area contributed by atoms with E-state index in [1.807, 2.05) is 13.8 Å². The minimum Gasteiger partial charge on any atom is -0.355 e. The molecule has 1 aliphatic heterocycles. The first-order valence-corrected chi connectivity index (χ1v) is 7.71. The Labute approximate surface area is 115 Å². The molecule has 1 heterocycles. The van der Waals surface area contributed by atoms with Crippen LogP contribution in [0.25, 0.3) is 0 Å². The van der Waals surface area contributed by atoms with Crippen molar-refractivity contribution in [2.45, 2.75) is 64.5 Å². The minimum absolute atomic E-state index is 0.0971. The lowest BCUT2D eigenvalue weighted by Crippen LogP contribution is -2.54. The Morgan fingerprint density at radius 2 is 2.16 bits per heavy atom. The van der Waals surface area contributed by atoms with Crippen molar-refractivity contribution >= 4 is 11.7 Å². The summed E-state index contributed by atoms with van der Waals surface area (Å²) in [4.78, 5) is 26.3. The highest BCUT2D eigenvalue weighted by atomic mass is 16.2. The summed E-state index contributed by atoms with van der Waals surface area (Å²) < 4.78 is 0. The fourth-order valence-corrected chi connectivity index (χ4v) is 3.61. The molecule has 0 aromatic carbocycles. The monoisotopic (exact) mass is 266 g/mol. The molecule has 2 aliphatic rings. The number of carbonyl (C=O) groups excluding carboxylic acids is 2. The molecule has 0 bridgehead atoms. The molecule has 4 nitrogen and oxygen atoms in total. The van der Waals surface area contributed by atoms with Gasteiger partial charge in [0.25, 0.3) is 0 Å². The Kier molecular flexibility index (Phi) is 4.97. The standard InChI is InChI=1S/C15H26N2O2/c1-3-16-15(19)11(2)17-10-5-4-8-13(17)12-7-6-9-14(12)18/h11-13H,3-10H2,1-2H3,(H,16,19). The summed E-state index contributed by atoms with van der Waals surface area (Å²) in [6, 6.07) is 0.181. The van der Waals surface area contributed by atoms with Gasteiger partial charge in [-0.05, 0) is 46.1 Å². The largest absolute Gasteiger partial charge is 0.355 e. The molecule has 3 atom stereocenters. The Balaban J connectivity index is 2.07. The summed E-state index contributed by atoms with van der Waals surface area (Å²) in [5.41, 5.74) is 0. The fourth-order valence-electron chi connectivity index (χ4n) is 3.61. The highest BCUT2D eigenvalue weighted by Crippen LogP contribution is 2.33. The molecule has 1 saturated carbocycles. The SMILES string of the molecule is CCNC(=O)C(C)N1CCCCC1C1CCCC1=O. The second-order valence-corrected chi connectivity index (χ2v) is 5.84. The van der Waals surface area contributed by atoms with Gasteiger partial charge in [0, 0.05) is 24.9 Å². The highest BCUT2D eigenvalue weighted by molar-refractivity contribution is 5.84. The number of hydrogen-bond acceptors (Lipinski definition) is 3. The second kappa shape index (κ2) is 6.51. The number of likely N-dealkylation sites (N-methyl/N-ethyl adjacent to an activating group) is 1. The third-order valence-corrected chi connectivity index (χ3v) is 4.64. The number of carbonyl (C=O) groups is 2. The van der Waals surface area contributed by atoms with Crippen LogP contribution < -0.4 is 5.32 Å². The molecule has 2 rings (SSSR count). The van der Waals surface area contributed by atoms with Gasteiger partial charge < -0.3 is 5.32 Å². The van der Waals surface area contributed by atoms with E-state index in [2.05, 4.69) is 10.2 Å². The van der Waals surface area contributed by atoms with Crippen LogP contribution in [0.2, 0.25) is 0 Å². The van der Waals surface area contributed by atoms with Gasteiger partial charge in [-0.2, -0.15) is 0 Å². The first-order chi connectivity index (χ1) is 9.15. The molecule has 19 heavy (non-hydrogen) atoms. The van der Waals surface area contributed by atoms with E-state index in [1.165, 1.54) is 6.42 Å². The molecule has 108 valence electrons. The number of piperidine rings is 1. The fraction of sp³-hybridized carbons (Fsp3) is 0.867. The smallest absolute Gasteiger partial charge is 0.237 e. The van der Waals surface area contributed by atoms with Crippen molar-refractivity contribution in [3.63, 3.8) is 0 Å². The van der Waals surface area contributed by atoms with Crippen LogP contribution in [0.3, 0.4) is 0 Å². The third kappa shape index (κ3) is 3.16. The van der Waals surface area contributed by atoms with Gasteiger partial charge in [-0.15, -0.1) is 0 Å². The Morgan fingerprint density at radius 3 is 2.79 bits per heavy atom. The van der Waals surface area contributed by atoms with Crippen molar-refractivity contribution in [2.24, 2.45) is 5.92 Å². The number of nitrogens with zero attached hydrogens (tertiary/aromatic N) is 1. The Bertz CT molecular complexity index is 343. The van der Waals surface area contributed by atoms with Gasteiger partial charge in [-0.3, -0.25) is 14.5 Å². The van der Waals surface area contributed by atoms with Gasteiger partial charge in [0.2, 0.25) is 5.91 Å². The molecule has 3 unspecified atom stereocenters. The van der Waals surface area contributed by atoms with Crippen LogP contribution in [0.1, 0.15) is 52.4 Å². The predicted molar refractivity (Wildman–Crippen MR) is 74.8 cm³/mol. The van der Waals surface area contributed by atoms with Crippen molar-refractivity contribution < 1.29 is 9.59 Å². The van der Waals surface area contributed by atoms with E-state index < -0.39 is 0 Å². The van der Waals surface area contributed by atoms with Crippen LogP contribution in [0.4, 0.5) is 0 Å². The number of Topliss-reactive ketones (excluding diaryl/α,β-unsaturated/α-hetero) is 1. The highest BCUT2D eigenvalue weighted by Gasteiger charge is 2.39. The number of hydrogen-bond donors (Lipinski definition) is 1. The zero-order valence-electron chi connectivity index (χ0n) is 12.2. The lowest BCUT2D eigenvalue weighted by molar-refractivity contribution is -0.131. The third-order valence-electron chi connectivity index (χ3n) is 4.64. The molecule has 1 N–H and O–H groups in total. The van der Waals surface area contributed by atoms with Gasteiger partial charge in [0.05, 0.1) is 6.04 Å². The van der Waals surface area contributed by atoms with Crippen LogP contribution in [-0.2, 0) is 9.59 Å². The summed E-state index contributed by atoms with van der Waals surface area (Å²) in [5, 5.41) is 2.90. The van der Waals surface area contributed by atoms with E-state index in [0.717, 1.165) is 38.6 Å². The van der Waals surface area contributed by atoms with Gasteiger partial charge in [-0.1, -0.05) is 6.42 Å². The summed E-state index contributed by atoms with van der Waals surface area (Å²) >= 11 is 0. The van der Waals surface area contributed by atoms with E-state index in [9.17, 15) is 9.59 Å². The van der Waals surface area contributed by atoms with Crippen molar-refractivity contribution in [3.8, 4) is 0 Å². The van der Waals surface area contributed by atoms with Crippen molar-refractivity contribution in [1.82, 2.24) is 10.2 Å². The van der Waals surface area contributed by atoms with Crippen LogP contribution in [0, 0.1) is 5.92 Å². The second-order valence-electron chi connectivity index (χ2n) is 5.84. The maximum absolute atomic E-state index is 12.0. The lowest BCUT2D eigenvalue weighted by atomic mass is 9.87. The first-order valence-electron chi connectivity index (χ1n) is 7.71. The average Bonchev–Trinajstić information content (AvgIpc) is 2.84. The number of ketones is 1. The Morgan fingerprint density at radius 1 is 1.37 bits per heavy atom. The average molecular weight is 266 g/mol. The molecule has 0 radical (unpaired) electrons. The van der Waals surface area contributed by atoms with Crippen molar-refractivity contribution in [2.75, 3.05) is 13.1 Å². The molecular weight excluding hydrogens is 240 g/mol. The topological polar surface area (TPSA) is 49.4 Å². The summed E-state index contributed by atoms with van der Waals surface area (Å²) in [5.74, 6) is 0.692. The molecule has 1 saturated heterocycles. The molecule has 0 aromatic heterocycles. The van der Waals surface area contributed by atoms with Crippen LogP contribution >= 0.6 is 0 Å². The first kappa shape index (κ1) is 14.5. The molecule has 1 aliphatic carbocycles. The number of nitrogens with one attached hydrogen (secondary N) is 1. The molecule has 0 spiro atoms. The predicted octanol–water partition coefficient (Wildman–Crippen LogP) is 1.73. The zero-order chi connectivity index (χ0) is 13.8. The molecule has 4 heteroatoms. The minimum atomic E-state index is -0.112. The number of amides is 1. The maximum Gasteiger partial charge on any atom is 0.237 e. The van der Waals surface area contributed by atoms with Gasteiger partial charge in [0.15, 0.2) is 0 Å². The molecular formula is C15H26N2O2. The van der Waals surface area contributed by atoms with Crippen molar-refractivity contribution in [1.29, 1.82) is 0 Å². The molecule has 1 amide bonds. The van der Waals surface area contributed by atoms with Crippen LogP contribution in [0.15, 0.2) is 0 Å². The summed E-state index contributed by atoms with van der Waals surface area (Å²) in [7, 11) is 0. The number of likely N-dealkylation sites (tertiary alicyclic amines) is 1. The Hall–Kier alpha value is -0.900. The number of rotatable bonds is 4. The van der Waals surface area contributed by atoms with Crippen LogP contribution in [-0.4, -0.2) is 41.8 Å². The van der Waals surface area contributed by atoms with Crippen molar-refractivity contribution in [3.05, 3.63) is 0 Å². The van der Waals surface area contributed by atoms with E-state index >= 15 is 0 Å². The van der Waals surface area contributed by atoms with E-state index in [0.29, 0.717) is 18.4 Å². The van der Waals surface area contributed by atoms with Gasteiger partial charge >= 0.3 is 0 Å². The van der Waals surface area contributed by atoms with E-state index in [1.54, 1.807) is 0 Å². The van der Waals surface area contributed by atoms with E-state index in [-0.39, 0.29) is 17.9 Å². The normalized spacial score (nSPS) is 30.3. The zero-order valence-corrected chi connectivity index (χ0v) is 12.2. The quantitative estimate of drug-likeness (QED) is 0.843. The maximum atomic E-state index is 12.0.